The summed E-state index contributed by atoms with van der Waals surface area (Å²) in [5, 5.41) is 17.5. The lowest BCUT2D eigenvalue weighted by Crippen LogP contribution is -2.17. The molecule has 132 valence electrons. The van der Waals surface area contributed by atoms with E-state index in [-0.39, 0.29) is 30.4 Å². The van der Waals surface area contributed by atoms with Gasteiger partial charge in [-0.3, -0.25) is 19.6 Å². The second-order valence-corrected chi connectivity index (χ2v) is 5.20. The quantitative estimate of drug-likeness (QED) is 0.622. The van der Waals surface area contributed by atoms with Gasteiger partial charge in [0.15, 0.2) is 11.5 Å². The molecular formula is C15H16N4O6. The van der Waals surface area contributed by atoms with Crippen molar-refractivity contribution >= 4 is 17.3 Å². The lowest BCUT2D eigenvalue weighted by Gasteiger charge is -2.19. The van der Waals surface area contributed by atoms with Gasteiger partial charge in [0.2, 0.25) is 5.91 Å². The molecule has 1 aromatic carbocycles. The topological polar surface area (TPSA) is 118 Å². The number of hydrogen-bond acceptors (Lipinski definition) is 7. The average Bonchev–Trinajstić information content (AvgIpc) is 3.03. The Kier molecular flexibility index (Phi) is 4.68. The number of benzene rings is 1. The van der Waals surface area contributed by atoms with Crippen LogP contribution in [0.4, 0.5) is 11.4 Å². The highest BCUT2D eigenvalue weighted by Gasteiger charge is 2.20. The van der Waals surface area contributed by atoms with E-state index in [0.29, 0.717) is 30.4 Å². The molecule has 0 saturated heterocycles. The largest absolute Gasteiger partial charge is 0.486 e. The zero-order valence-electron chi connectivity index (χ0n) is 13.4. The number of nitrogens with zero attached hydrogens (tertiary/aromatic N) is 3. The number of aromatic nitrogens is 2. The van der Waals surface area contributed by atoms with Crippen LogP contribution in [0.25, 0.3) is 0 Å². The summed E-state index contributed by atoms with van der Waals surface area (Å²) in [6, 6.07) is 5.13. The van der Waals surface area contributed by atoms with Crippen LogP contribution < -0.4 is 19.5 Å². The van der Waals surface area contributed by atoms with Gasteiger partial charge in [-0.1, -0.05) is 0 Å². The molecule has 2 aromatic rings. The minimum Gasteiger partial charge on any atom is -0.486 e. The number of anilines is 1. The van der Waals surface area contributed by atoms with Crippen molar-refractivity contribution in [3.05, 3.63) is 34.5 Å². The summed E-state index contributed by atoms with van der Waals surface area (Å²) < 4.78 is 17.0. The molecule has 1 amide bonds. The van der Waals surface area contributed by atoms with Gasteiger partial charge in [0.1, 0.15) is 19.4 Å². The first-order valence-corrected chi connectivity index (χ1v) is 7.52. The van der Waals surface area contributed by atoms with E-state index < -0.39 is 4.92 Å². The van der Waals surface area contributed by atoms with Crippen molar-refractivity contribution in [2.75, 3.05) is 25.6 Å². The number of fused-ring (bicyclic) bond motifs is 1. The first kappa shape index (κ1) is 16.6. The van der Waals surface area contributed by atoms with Crippen molar-refractivity contribution in [3.8, 4) is 17.4 Å². The molecule has 0 spiro atoms. The number of carbonyl (C=O) groups is 1. The van der Waals surface area contributed by atoms with E-state index >= 15 is 0 Å². The maximum atomic E-state index is 12.1. The molecule has 1 aliphatic heterocycles. The van der Waals surface area contributed by atoms with Crippen LogP contribution in [0.2, 0.25) is 0 Å². The Bertz CT molecular complexity index is 803. The van der Waals surface area contributed by atoms with Gasteiger partial charge >= 0.3 is 11.6 Å². The fourth-order valence-electron chi connectivity index (χ4n) is 2.34. The Morgan fingerprint density at radius 1 is 1.40 bits per heavy atom. The zero-order valence-corrected chi connectivity index (χ0v) is 13.4. The van der Waals surface area contributed by atoms with E-state index in [9.17, 15) is 14.9 Å². The third-order valence-corrected chi connectivity index (χ3v) is 3.49. The number of carbonyl (C=O) groups excluding carboxylic acids is 1. The second kappa shape index (κ2) is 7.07. The van der Waals surface area contributed by atoms with Crippen molar-refractivity contribution in [1.29, 1.82) is 0 Å². The monoisotopic (exact) mass is 348 g/mol. The molecule has 0 unspecified atom stereocenters. The number of amides is 1. The van der Waals surface area contributed by atoms with Crippen LogP contribution in [0, 0.1) is 10.1 Å². The molecule has 0 radical (unpaired) electrons. The number of nitrogens with one attached hydrogen (secondary N) is 1. The van der Waals surface area contributed by atoms with Crippen LogP contribution in [-0.2, 0) is 11.3 Å². The van der Waals surface area contributed by atoms with E-state index in [2.05, 4.69) is 10.4 Å². The third kappa shape index (κ3) is 3.79. The van der Waals surface area contributed by atoms with Crippen LogP contribution in [0.1, 0.15) is 6.42 Å². The van der Waals surface area contributed by atoms with Crippen LogP contribution >= 0.6 is 0 Å². The molecule has 1 aromatic heterocycles. The maximum Gasteiger partial charge on any atom is 0.350 e. The Morgan fingerprint density at radius 3 is 2.84 bits per heavy atom. The van der Waals surface area contributed by atoms with Crippen molar-refractivity contribution in [2.45, 2.75) is 13.0 Å². The van der Waals surface area contributed by atoms with Crippen molar-refractivity contribution in [2.24, 2.45) is 0 Å². The molecule has 3 rings (SSSR count). The Hall–Kier alpha value is -3.30. The SMILES string of the molecule is COc1nn(CCC(=O)Nc2ccc3c(c2)OCCO3)cc1[N+](=O)[O-]. The number of hydrogen-bond donors (Lipinski definition) is 1. The number of rotatable bonds is 6. The van der Waals surface area contributed by atoms with Crippen molar-refractivity contribution < 1.29 is 23.9 Å². The number of methoxy groups -OCH3 is 1. The molecule has 10 heteroatoms. The third-order valence-electron chi connectivity index (χ3n) is 3.49. The molecule has 0 atom stereocenters. The van der Waals surface area contributed by atoms with Crippen LogP contribution in [0.3, 0.4) is 0 Å². The number of aryl methyl sites for hydroxylation is 1. The van der Waals surface area contributed by atoms with Gasteiger partial charge in [-0.15, -0.1) is 5.10 Å². The Morgan fingerprint density at radius 2 is 2.16 bits per heavy atom. The molecule has 10 nitrogen and oxygen atoms in total. The van der Waals surface area contributed by atoms with Crippen molar-refractivity contribution in [3.63, 3.8) is 0 Å². The molecule has 1 aliphatic rings. The molecule has 1 N–H and O–H groups in total. The summed E-state index contributed by atoms with van der Waals surface area (Å²) in [5.41, 5.74) is 0.341. The standard InChI is InChI=1S/C15H16N4O6/c1-23-15-11(19(21)22)9-18(17-15)5-4-14(20)16-10-2-3-12-13(8-10)25-7-6-24-12/h2-3,8-9H,4-7H2,1H3,(H,16,20). The van der Waals surface area contributed by atoms with Crippen molar-refractivity contribution in [1.82, 2.24) is 9.78 Å². The smallest absolute Gasteiger partial charge is 0.350 e. The highest BCUT2D eigenvalue weighted by atomic mass is 16.6. The summed E-state index contributed by atoms with van der Waals surface area (Å²) in [6.07, 6.45) is 1.33. The van der Waals surface area contributed by atoms with Gasteiger partial charge in [0, 0.05) is 18.2 Å². The van der Waals surface area contributed by atoms with E-state index in [4.69, 9.17) is 14.2 Å². The van der Waals surface area contributed by atoms with E-state index in [1.807, 2.05) is 0 Å². The lowest BCUT2D eigenvalue weighted by atomic mass is 10.2. The predicted octanol–water partition coefficient (Wildman–Crippen LogP) is 1.60. The summed E-state index contributed by atoms with van der Waals surface area (Å²) in [6.45, 7) is 1.14. The lowest BCUT2D eigenvalue weighted by molar-refractivity contribution is -0.385. The van der Waals surface area contributed by atoms with Gasteiger partial charge < -0.3 is 19.5 Å². The first-order chi connectivity index (χ1) is 12.1. The summed E-state index contributed by atoms with van der Waals surface area (Å²) in [5.74, 6) is 0.878. The van der Waals surface area contributed by atoms with Gasteiger partial charge in [-0.25, -0.2) is 0 Å². The van der Waals surface area contributed by atoms with E-state index in [1.165, 1.54) is 18.0 Å². The maximum absolute atomic E-state index is 12.1. The molecule has 25 heavy (non-hydrogen) atoms. The zero-order chi connectivity index (χ0) is 17.8. The fraction of sp³-hybridized carbons (Fsp3) is 0.333. The normalized spacial score (nSPS) is 12.5. The molecule has 0 fully saturated rings. The molecule has 2 heterocycles. The highest BCUT2D eigenvalue weighted by molar-refractivity contribution is 5.91. The van der Waals surface area contributed by atoms with Crippen LogP contribution in [0.15, 0.2) is 24.4 Å². The number of nitro groups is 1. The van der Waals surface area contributed by atoms with Gasteiger partial charge in [0.05, 0.1) is 18.6 Å². The second-order valence-electron chi connectivity index (χ2n) is 5.20. The minimum atomic E-state index is -0.586. The Labute approximate surface area is 142 Å². The van der Waals surface area contributed by atoms with E-state index in [1.54, 1.807) is 18.2 Å². The fourth-order valence-corrected chi connectivity index (χ4v) is 2.34. The molecule has 0 bridgehead atoms. The van der Waals surface area contributed by atoms with Gasteiger partial charge in [-0.05, 0) is 12.1 Å². The highest BCUT2D eigenvalue weighted by Crippen LogP contribution is 2.32. The van der Waals surface area contributed by atoms with Gasteiger partial charge in [0.25, 0.3) is 0 Å². The van der Waals surface area contributed by atoms with Gasteiger partial charge in [-0.2, -0.15) is 0 Å². The minimum absolute atomic E-state index is 0.0859. The summed E-state index contributed by atoms with van der Waals surface area (Å²) in [4.78, 5) is 22.3. The van der Waals surface area contributed by atoms with Crippen LogP contribution in [0.5, 0.6) is 17.4 Å². The molecule has 0 saturated carbocycles. The molecular weight excluding hydrogens is 332 g/mol. The summed E-state index contributed by atoms with van der Waals surface area (Å²) in [7, 11) is 1.30. The Balaban J connectivity index is 1.59. The van der Waals surface area contributed by atoms with E-state index in [0.717, 1.165) is 0 Å². The average molecular weight is 348 g/mol. The summed E-state index contributed by atoms with van der Waals surface area (Å²) >= 11 is 0. The first-order valence-electron chi connectivity index (χ1n) is 7.52. The predicted molar refractivity (Wildman–Crippen MR) is 86.1 cm³/mol. The van der Waals surface area contributed by atoms with Crippen LogP contribution in [-0.4, -0.2) is 40.9 Å². The number of ether oxygens (including phenoxy) is 3. The molecule has 0 aliphatic carbocycles.